The highest BCUT2D eigenvalue weighted by atomic mass is 127. The lowest BCUT2D eigenvalue weighted by Crippen LogP contribution is -2.39. The number of rotatable bonds is 9. The fourth-order valence-corrected chi connectivity index (χ4v) is 2.65. The van der Waals surface area contributed by atoms with Crippen LogP contribution in [0.5, 0.6) is 5.75 Å². The third kappa shape index (κ3) is 8.48. The quantitative estimate of drug-likeness (QED) is 0.280. The summed E-state index contributed by atoms with van der Waals surface area (Å²) in [4.78, 5) is 4.27. The van der Waals surface area contributed by atoms with Gasteiger partial charge in [0.15, 0.2) is 5.96 Å². The Kier molecular flexibility index (Phi) is 11.6. The monoisotopic (exact) mass is 497 g/mol. The summed E-state index contributed by atoms with van der Waals surface area (Å²) in [6, 6.07) is 18.1. The van der Waals surface area contributed by atoms with Gasteiger partial charge in [0.1, 0.15) is 5.75 Å². The van der Waals surface area contributed by atoms with Crippen LogP contribution in [0.25, 0.3) is 0 Å². The van der Waals surface area contributed by atoms with Crippen molar-refractivity contribution >= 4 is 29.9 Å². The van der Waals surface area contributed by atoms with Crippen LogP contribution in [0.2, 0.25) is 0 Å². The van der Waals surface area contributed by atoms with E-state index in [0.717, 1.165) is 16.9 Å². The Bertz CT molecular complexity index is 708. The number of halogens is 1. The Balaban J connectivity index is 0.00000392. The van der Waals surface area contributed by atoms with E-state index in [1.54, 1.807) is 7.05 Å². The zero-order chi connectivity index (χ0) is 19.5. The van der Waals surface area contributed by atoms with E-state index in [1.165, 1.54) is 0 Å². The van der Waals surface area contributed by atoms with Crippen molar-refractivity contribution in [3.8, 4) is 5.75 Å². The maximum absolute atomic E-state index is 9.68. The number of aliphatic hydroxyl groups excluding tert-OH is 1. The largest absolute Gasteiger partial charge is 0.493 e. The highest BCUT2D eigenvalue weighted by molar-refractivity contribution is 14.0. The Morgan fingerprint density at radius 2 is 1.82 bits per heavy atom. The minimum Gasteiger partial charge on any atom is -0.493 e. The van der Waals surface area contributed by atoms with E-state index in [4.69, 9.17) is 4.74 Å². The van der Waals surface area contributed by atoms with Gasteiger partial charge < -0.3 is 20.5 Å². The zero-order valence-corrected chi connectivity index (χ0v) is 19.2. The molecule has 2 aromatic carbocycles. The lowest BCUT2D eigenvalue weighted by atomic mass is 10.0. The third-order valence-corrected chi connectivity index (χ3v) is 4.17. The summed E-state index contributed by atoms with van der Waals surface area (Å²) >= 11 is 0. The molecule has 0 aliphatic heterocycles. The first-order valence-corrected chi connectivity index (χ1v) is 9.44. The lowest BCUT2D eigenvalue weighted by Gasteiger charge is -2.18. The number of aliphatic hydroxyl groups is 1. The smallest absolute Gasteiger partial charge is 0.191 e. The van der Waals surface area contributed by atoms with Crippen LogP contribution in [-0.2, 0) is 6.54 Å². The molecule has 5 nitrogen and oxygen atoms in total. The first-order chi connectivity index (χ1) is 13.1. The standard InChI is InChI=1S/C22H31N3O2.HI/c1-17(2)16-27-21-11-7-8-18(12-21)13-24-22(23-3)25-14-20(15-26)19-9-5-4-6-10-19;/h4-12,17,20,26H,13-16H2,1-3H3,(H2,23,24,25);1H. The number of nitrogens with one attached hydrogen (secondary N) is 2. The van der Waals surface area contributed by atoms with Gasteiger partial charge in [0.05, 0.1) is 13.2 Å². The van der Waals surface area contributed by atoms with E-state index in [-0.39, 0.29) is 36.5 Å². The molecule has 2 aromatic rings. The van der Waals surface area contributed by atoms with Crippen LogP contribution in [0.3, 0.4) is 0 Å². The van der Waals surface area contributed by atoms with Gasteiger partial charge in [-0.15, -0.1) is 24.0 Å². The average Bonchev–Trinajstić information content (AvgIpc) is 2.70. The SMILES string of the molecule is CN=C(NCc1cccc(OCC(C)C)c1)NCC(CO)c1ccccc1.I. The molecule has 0 aliphatic rings. The summed E-state index contributed by atoms with van der Waals surface area (Å²) in [5.41, 5.74) is 2.24. The Hall–Kier alpha value is -1.80. The van der Waals surface area contributed by atoms with Crippen LogP contribution in [0.1, 0.15) is 30.9 Å². The molecule has 0 saturated carbocycles. The van der Waals surface area contributed by atoms with Gasteiger partial charge in [0, 0.05) is 26.1 Å². The van der Waals surface area contributed by atoms with Crippen molar-refractivity contribution in [1.29, 1.82) is 0 Å². The fraction of sp³-hybridized carbons (Fsp3) is 0.409. The van der Waals surface area contributed by atoms with Crippen LogP contribution in [0.15, 0.2) is 59.6 Å². The molecule has 1 atom stereocenters. The summed E-state index contributed by atoms with van der Waals surface area (Å²) < 4.78 is 5.78. The van der Waals surface area contributed by atoms with Gasteiger partial charge in [0.2, 0.25) is 0 Å². The number of guanidine groups is 1. The molecular weight excluding hydrogens is 465 g/mol. The van der Waals surface area contributed by atoms with Crippen molar-refractivity contribution in [2.24, 2.45) is 10.9 Å². The molecular formula is C22H32IN3O2. The molecule has 0 amide bonds. The Morgan fingerprint density at radius 1 is 1.07 bits per heavy atom. The molecule has 2 rings (SSSR count). The zero-order valence-electron chi connectivity index (χ0n) is 16.9. The molecule has 0 bridgehead atoms. The van der Waals surface area contributed by atoms with Crippen molar-refractivity contribution in [2.45, 2.75) is 26.3 Å². The number of ether oxygens (including phenoxy) is 1. The second kappa shape index (κ2) is 13.4. The van der Waals surface area contributed by atoms with Crippen LogP contribution in [0, 0.1) is 5.92 Å². The second-order valence-corrected chi connectivity index (χ2v) is 6.95. The molecule has 6 heteroatoms. The number of hydrogen-bond donors (Lipinski definition) is 3. The van der Waals surface area contributed by atoms with Crippen LogP contribution >= 0.6 is 24.0 Å². The van der Waals surface area contributed by atoms with Gasteiger partial charge in [-0.05, 0) is 29.2 Å². The summed E-state index contributed by atoms with van der Waals surface area (Å²) in [7, 11) is 1.74. The van der Waals surface area contributed by atoms with Gasteiger partial charge in [0.25, 0.3) is 0 Å². The van der Waals surface area contributed by atoms with Crippen LogP contribution in [0.4, 0.5) is 0 Å². The molecule has 0 heterocycles. The molecule has 3 N–H and O–H groups in total. The van der Waals surface area contributed by atoms with Crippen molar-refractivity contribution in [3.63, 3.8) is 0 Å². The van der Waals surface area contributed by atoms with Gasteiger partial charge in [-0.2, -0.15) is 0 Å². The molecule has 1 unspecified atom stereocenters. The Labute approximate surface area is 185 Å². The molecule has 0 fully saturated rings. The number of nitrogens with zero attached hydrogens (tertiary/aromatic N) is 1. The third-order valence-electron chi connectivity index (χ3n) is 4.17. The maximum atomic E-state index is 9.68. The molecule has 0 radical (unpaired) electrons. The van der Waals surface area contributed by atoms with Gasteiger partial charge in [-0.25, -0.2) is 0 Å². The highest BCUT2D eigenvalue weighted by Crippen LogP contribution is 2.15. The molecule has 0 aliphatic carbocycles. The van der Waals surface area contributed by atoms with Gasteiger partial charge >= 0.3 is 0 Å². The summed E-state index contributed by atoms with van der Waals surface area (Å²) in [6.45, 7) is 6.32. The average molecular weight is 497 g/mol. The van der Waals surface area contributed by atoms with E-state index in [0.29, 0.717) is 31.6 Å². The first kappa shape index (κ1) is 24.2. The summed E-state index contributed by atoms with van der Waals surface area (Å²) in [6.07, 6.45) is 0. The molecule has 0 aromatic heterocycles. The van der Waals surface area contributed by atoms with Crippen molar-refractivity contribution in [3.05, 3.63) is 65.7 Å². The normalized spacial score (nSPS) is 12.2. The molecule has 0 saturated heterocycles. The summed E-state index contributed by atoms with van der Waals surface area (Å²) in [5, 5.41) is 16.3. The van der Waals surface area contributed by atoms with Gasteiger partial charge in [-0.3, -0.25) is 4.99 Å². The predicted molar refractivity (Wildman–Crippen MR) is 127 cm³/mol. The number of hydrogen-bond acceptors (Lipinski definition) is 3. The number of aliphatic imine (C=N–C) groups is 1. The minimum atomic E-state index is 0. The van der Waals surface area contributed by atoms with Crippen molar-refractivity contribution in [1.82, 2.24) is 10.6 Å². The maximum Gasteiger partial charge on any atom is 0.191 e. The topological polar surface area (TPSA) is 65.9 Å². The number of benzene rings is 2. The van der Waals surface area contributed by atoms with E-state index in [1.807, 2.05) is 48.5 Å². The Morgan fingerprint density at radius 3 is 2.46 bits per heavy atom. The van der Waals surface area contributed by atoms with Crippen molar-refractivity contribution < 1.29 is 9.84 Å². The highest BCUT2D eigenvalue weighted by Gasteiger charge is 2.10. The second-order valence-electron chi connectivity index (χ2n) is 6.95. The van der Waals surface area contributed by atoms with Gasteiger partial charge in [-0.1, -0.05) is 56.3 Å². The van der Waals surface area contributed by atoms with E-state index in [2.05, 4.69) is 35.5 Å². The predicted octanol–water partition coefficient (Wildman–Crippen LogP) is 3.78. The fourth-order valence-electron chi connectivity index (χ4n) is 2.65. The van der Waals surface area contributed by atoms with E-state index < -0.39 is 0 Å². The lowest BCUT2D eigenvalue weighted by molar-refractivity contribution is 0.265. The van der Waals surface area contributed by atoms with Crippen LogP contribution < -0.4 is 15.4 Å². The van der Waals surface area contributed by atoms with E-state index in [9.17, 15) is 5.11 Å². The molecule has 28 heavy (non-hydrogen) atoms. The minimum absolute atomic E-state index is 0. The first-order valence-electron chi connectivity index (χ1n) is 9.44. The molecule has 154 valence electrons. The summed E-state index contributed by atoms with van der Waals surface area (Å²) in [5.74, 6) is 2.12. The van der Waals surface area contributed by atoms with Crippen LogP contribution in [-0.4, -0.2) is 37.9 Å². The van der Waals surface area contributed by atoms with E-state index >= 15 is 0 Å². The van der Waals surface area contributed by atoms with Crippen molar-refractivity contribution in [2.75, 3.05) is 26.8 Å². The molecule has 0 spiro atoms.